The summed E-state index contributed by atoms with van der Waals surface area (Å²) in [5.41, 5.74) is 3.67. The van der Waals surface area contributed by atoms with Crippen LogP contribution in [0.15, 0.2) is 42.2 Å². The molecule has 0 unspecified atom stereocenters. The number of allylic oxidation sites excluding steroid dienone is 1. The van der Waals surface area contributed by atoms with Gasteiger partial charge in [0.05, 0.1) is 5.56 Å². The van der Waals surface area contributed by atoms with Crippen molar-refractivity contribution in [2.24, 2.45) is 0 Å². The van der Waals surface area contributed by atoms with Crippen LogP contribution < -0.4 is 10.6 Å². The lowest BCUT2D eigenvalue weighted by Crippen LogP contribution is -2.25. The van der Waals surface area contributed by atoms with Crippen molar-refractivity contribution in [1.82, 2.24) is 15.3 Å². The predicted octanol–water partition coefficient (Wildman–Crippen LogP) is 4.80. The molecule has 5 nitrogen and oxygen atoms in total. The lowest BCUT2D eigenvalue weighted by atomic mass is 9.97. The van der Waals surface area contributed by atoms with Crippen molar-refractivity contribution in [3.05, 3.63) is 58.4 Å². The van der Waals surface area contributed by atoms with Gasteiger partial charge in [-0.2, -0.15) is 0 Å². The van der Waals surface area contributed by atoms with E-state index in [1.807, 2.05) is 25.1 Å². The lowest BCUT2D eigenvalue weighted by molar-refractivity contribution is 0.0953. The average Bonchev–Trinajstić information content (AvgIpc) is 2.67. The zero-order valence-electron chi connectivity index (χ0n) is 14.9. The molecular formula is C20H23ClN4O. The van der Waals surface area contributed by atoms with Crippen LogP contribution >= 0.6 is 11.6 Å². The van der Waals surface area contributed by atoms with Crippen molar-refractivity contribution in [1.29, 1.82) is 0 Å². The highest BCUT2D eigenvalue weighted by Gasteiger charge is 2.09. The number of nitrogens with zero attached hydrogens (tertiary/aromatic N) is 2. The molecular weight excluding hydrogens is 348 g/mol. The Labute approximate surface area is 158 Å². The quantitative estimate of drug-likeness (QED) is 0.716. The highest BCUT2D eigenvalue weighted by atomic mass is 35.5. The summed E-state index contributed by atoms with van der Waals surface area (Å²) in [7, 11) is 0. The molecule has 0 bridgehead atoms. The Hall–Kier alpha value is -2.40. The van der Waals surface area contributed by atoms with Gasteiger partial charge in [0.1, 0.15) is 0 Å². The molecule has 2 N–H and O–H groups in total. The Morgan fingerprint density at radius 1 is 1.23 bits per heavy atom. The fourth-order valence-corrected chi connectivity index (χ4v) is 3.12. The molecule has 0 fully saturated rings. The van der Waals surface area contributed by atoms with Crippen molar-refractivity contribution < 1.29 is 4.79 Å². The number of rotatable bonds is 6. The van der Waals surface area contributed by atoms with E-state index in [9.17, 15) is 4.79 Å². The molecule has 3 rings (SSSR count). The molecule has 1 aromatic carbocycles. The zero-order valence-corrected chi connectivity index (χ0v) is 15.6. The summed E-state index contributed by atoms with van der Waals surface area (Å²) < 4.78 is 0. The monoisotopic (exact) mass is 370 g/mol. The summed E-state index contributed by atoms with van der Waals surface area (Å²) in [6, 6.07) is 5.60. The maximum absolute atomic E-state index is 12.2. The molecule has 1 amide bonds. The van der Waals surface area contributed by atoms with Crippen molar-refractivity contribution in [3.8, 4) is 0 Å². The van der Waals surface area contributed by atoms with Crippen molar-refractivity contribution >= 4 is 29.1 Å². The van der Waals surface area contributed by atoms with Gasteiger partial charge in [-0.1, -0.05) is 29.3 Å². The summed E-state index contributed by atoms with van der Waals surface area (Å²) in [6.45, 7) is 2.57. The van der Waals surface area contributed by atoms with Gasteiger partial charge >= 0.3 is 0 Å². The van der Waals surface area contributed by atoms with E-state index in [0.717, 1.165) is 30.5 Å². The van der Waals surface area contributed by atoms with Crippen LogP contribution in [0.25, 0.3) is 0 Å². The second-order valence-electron chi connectivity index (χ2n) is 6.45. The maximum atomic E-state index is 12.2. The van der Waals surface area contributed by atoms with Gasteiger partial charge in [0.2, 0.25) is 5.95 Å². The second kappa shape index (κ2) is 8.81. The van der Waals surface area contributed by atoms with E-state index < -0.39 is 0 Å². The van der Waals surface area contributed by atoms with E-state index in [-0.39, 0.29) is 5.91 Å². The largest absolute Gasteiger partial charge is 0.352 e. The maximum Gasteiger partial charge on any atom is 0.254 e. The number of nitrogens with one attached hydrogen (secondary N) is 2. The first-order valence-electron chi connectivity index (χ1n) is 8.94. The first-order chi connectivity index (χ1) is 12.6. The number of aromatic nitrogens is 2. The van der Waals surface area contributed by atoms with E-state index in [1.54, 1.807) is 0 Å². The Morgan fingerprint density at radius 2 is 2.04 bits per heavy atom. The van der Waals surface area contributed by atoms with E-state index in [2.05, 4.69) is 26.7 Å². The van der Waals surface area contributed by atoms with E-state index in [1.165, 1.54) is 30.8 Å². The number of carbonyl (C=O) groups is 1. The molecule has 1 aliphatic carbocycles. The van der Waals surface area contributed by atoms with Gasteiger partial charge in [-0.15, -0.1) is 0 Å². The second-order valence-corrected chi connectivity index (χ2v) is 6.85. The fraction of sp³-hybridized carbons (Fsp3) is 0.350. The van der Waals surface area contributed by atoms with Crippen LogP contribution in [0.1, 0.15) is 48.0 Å². The SMILES string of the molecule is Cc1c(Cl)cccc1Nc1ncc(C(=O)NCCC2=CCCCC2)cn1. The normalized spacial score (nSPS) is 13.8. The van der Waals surface area contributed by atoms with E-state index >= 15 is 0 Å². The molecule has 1 heterocycles. The summed E-state index contributed by atoms with van der Waals surface area (Å²) in [6.07, 6.45) is 11.1. The van der Waals surface area contributed by atoms with Gasteiger partial charge in [-0.3, -0.25) is 4.79 Å². The standard InChI is InChI=1S/C20H23ClN4O/c1-14-17(21)8-5-9-18(14)25-20-23-12-16(13-24-20)19(26)22-11-10-15-6-3-2-4-7-15/h5-6,8-9,12-13H,2-4,7,10-11H2,1H3,(H,22,26)(H,23,24,25). The predicted molar refractivity (Wildman–Crippen MR) is 105 cm³/mol. The van der Waals surface area contributed by atoms with Gasteiger partial charge in [-0.05, 0) is 56.7 Å². The Bertz CT molecular complexity index is 802. The van der Waals surface area contributed by atoms with E-state index in [4.69, 9.17) is 11.6 Å². The highest BCUT2D eigenvalue weighted by Crippen LogP contribution is 2.24. The number of hydrogen-bond acceptors (Lipinski definition) is 4. The molecule has 0 radical (unpaired) electrons. The van der Waals surface area contributed by atoms with Gasteiger partial charge < -0.3 is 10.6 Å². The van der Waals surface area contributed by atoms with Gasteiger partial charge in [0, 0.05) is 29.6 Å². The Kier molecular flexibility index (Phi) is 6.23. The number of halogens is 1. The molecule has 26 heavy (non-hydrogen) atoms. The number of carbonyl (C=O) groups excluding carboxylic acids is 1. The summed E-state index contributed by atoms with van der Waals surface area (Å²) in [5.74, 6) is 0.283. The number of anilines is 2. The van der Waals surface area contributed by atoms with Crippen molar-refractivity contribution in [2.45, 2.75) is 39.0 Å². The first kappa shape index (κ1) is 18.4. The zero-order chi connectivity index (χ0) is 18.4. The minimum atomic E-state index is -0.146. The molecule has 0 aliphatic heterocycles. The molecule has 6 heteroatoms. The summed E-state index contributed by atoms with van der Waals surface area (Å²) in [5, 5.41) is 6.73. The molecule has 1 aromatic heterocycles. The average molecular weight is 371 g/mol. The third kappa shape index (κ3) is 4.82. The van der Waals surface area contributed by atoms with Crippen LogP contribution in [0.2, 0.25) is 5.02 Å². The molecule has 0 saturated carbocycles. The van der Waals surface area contributed by atoms with Crippen molar-refractivity contribution in [2.75, 3.05) is 11.9 Å². The van der Waals surface area contributed by atoms with E-state index in [0.29, 0.717) is 23.1 Å². The van der Waals surface area contributed by atoms with Crippen LogP contribution in [0.3, 0.4) is 0 Å². The smallest absolute Gasteiger partial charge is 0.254 e. The van der Waals surface area contributed by atoms with Crippen LogP contribution in [-0.4, -0.2) is 22.4 Å². The minimum Gasteiger partial charge on any atom is -0.352 e. The molecule has 136 valence electrons. The molecule has 1 aliphatic rings. The molecule has 0 saturated heterocycles. The highest BCUT2D eigenvalue weighted by molar-refractivity contribution is 6.31. The van der Waals surface area contributed by atoms with Crippen LogP contribution in [0, 0.1) is 6.92 Å². The van der Waals surface area contributed by atoms with Gasteiger partial charge in [-0.25, -0.2) is 9.97 Å². The van der Waals surface area contributed by atoms with Crippen LogP contribution in [0.5, 0.6) is 0 Å². The fourth-order valence-electron chi connectivity index (χ4n) is 2.94. The third-order valence-electron chi connectivity index (χ3n) is 4.54. The number of hydrogen-bond donors (Lipinski definition) is 2. The molecule has 0 spiro atoms. The van der Waals surface area contributed by atoms with Crippen molar-refractivity contribution in [3.63, 3.8) is 0 Å². The summed E-state index contributed by atoms with van der Waals surface area (Å²) >= 11 is 6.11. The third-order valence-corrected chi connectivity index (χ3v) is 4.95. The van der Waals surface area contributed by atoms with Crippen LogP contribution in [0.4, 0.5) is 11.6 Å². The van der Waals surface area contributed by atoms with Gasteiger partial charge in [0.25, 0.3) is 5.91 Å². The summed E-state index contributed by atoms with van der Waals surface area (Å²) in [4.78, 5) is 20.7. The Balaban J connectivity index is 1.54. The first-order valence-corrected chi connectivity index (χ1v) is 9.31. The van der Waals surface area contributed by atoms with Gasteiger partial charge in [0.15, 0.2) is 0 Å². The lowest BCUT2D eigenvalue weighted by Gasteiger charge is -2.13. The number of benzene rings is 1. The molecule has 2 aromatic rings. The minimum absolute atomic E-state index is 0.146. The number of amides is 1. The topological polar surface area (TPSA) is 66.9 Å². The Morgan fingerprint density at radius 3 is 2.77 bits per heavy atom. The van der Waals surface area contributed by atoms with Crippen LogP contribution in [-0.2, 0) is 0 Å². The molecule has 0 atom stereocenters.